The Labute approximate surface area is 206 Å². The molecule has 1 unspecified atom stereocenters. The van der Waals surface area contributed by atoms with E-state index in [0.717, 1.165) is 49.5 Å². The summed E-state index contributed by atoms with van der Waals surface area (Å²) in [6.07, 6.45) is 11.9. The van der Waals surface area contributed by atoms with E-state index in [1.165, 1.54) is 13.2 Å². The number of methoxy groups -OCH3 is 1. The number of ether oxygens (including phenoxy) is 3. The summed E-state index contributed by atoms with van der Waals surface area (Å²) in [5.41, 5.74) is 1.50. The second-order valence-corrected chi connectivity index (χ2v) is 8.51. The summed E-state index contributed by atoms with van der Waals surface area (Å²) in [4.78, 5) is 12.5. The lowest BCUT2D eigenvalue weighted by molar-refractivity contribution is -0.115. The molecular formula is C28H31N2O5-. The van der Waals surface area contributed by atoms with E-state index >= 15 is 0 Å². The minimum absolute atomic E-state index is 0.0249. The van der Waals surface area contributed by atoms with Crippen LogP contribution in [0.25, 0.3) is 11.4 Å². The maximum atomic E-state index is 12.5. The van der Waals surface area contributed by atoms with Crippen LogP contribution in [0.1, 0.15) is 24.8 Å². The van der Waals surface area contributed by atoms with Crippen LogP contribution in [0.2, 0.25) is 0 Å². The molecule has 2 N–H and O–H groups in total. The molecule has 1 saturated heterocycles. The number of hydrogen-bond donors (Lipinski definition) is 2. The van der Waals surface area contributed by atoms with Gasteiger partial charge in [0.2, 0.25) is 5.91 Å². The Bertz CT molecular complexity index is 1090. The Morgan fingerprint density at radius 2 is 1.91 bits per heavy atom. The van der Waals surface area contributed by atoms with Gasteiger partial charge in [0.15, 0.2) is 11.5 Å². The van der Waals surface area contributed by atoms with Crippen molar-refractivity contribution in [2.75, 3.05) is 26.8 Å². The van der Waals surface area contributed by atoms with Gasteiger partial charge < -0.3 is 30.0 Å². The number of piperidine rings is 1. The van der Waals surface area contributed by atoms with Gasteiger partial charge in [0.1, 0.15) is 11.5 Å². The molecule has 0 radical (unpaired) electrons. The quantitative estimate of drug-likeness (QED) is 0.499. The number of carbonyl (C=O) groups excluding carboxylic acids is 1. The summed E-state index contributed by atoms with van der Waals surface area (Å²) < 4.78 is 17.1. The van der Waals surface area contributed by atoms with E-state index in [9.17, 15) is 9.90 Å². The number of carbonyl (C=O) groups is 1. The van der Waals surface area contributed by atoms with Gasteiger partial charge in [-0.15, -0.1) is 13.1 Å². The van der Waals surface area contributed by atoms with Crippen LogP contribution in [0.4, 0.5) is 0 Å². The molecule has 1 amide bonds. The molecule has 1 fully saturated rings. The van der Waals surface area contributed by atoms with Crippen LogP contribution in [-0.2, 0) is 4.79 Å². The highest BCUT2D eigenvalue weighted by Crippen LogP contribution is 2.27. The molecule has 1 aliphatic carbocycles. The lowest BCUT2D eigenvalue weighted by Gasteiger charge is -2.32. The molecule has 7 heteroatoms. The summed E-state index contributed by atoms with van der Waals surface area (Å²) in [5, 5.41) is 17.2. The first kappa shape index (κ1) is 24.4. The van der Waals surface area contributed by atoms with Crippen molar-refractivity contribution >= 4 is 12.0 Å². The highest BCUT2D eigenvalue weighted by molar-refractivity contribution is 5.93. The minimum Gasteiger partial charge on any atom is -0.662 e. The van der Waals surface area contributed by atoms with E-state index in [0.29, 0.717) is 17.9 Å². The molecular weight excluding hydrogens is 444 g/mol. The summed E-state index contributed by atoms with van der Waals surface area (Å²) in [7, 11) is 1.49. The van der Waals surface area contributed by atoms with Gasteiger partial charge >= 0.3 is 0 Å². The fraction of sp³-hybridized carbons (Fsp3) is 0.321. The largest absolute Gasteiger partial charge is 0.662 e. The van der Waals surface area contributed by atoms with Crippen LogP contribution in [-0.4, -0.2) is 43.9 Å². The lowest BCUT2D eigenvalue weighted by Crippen LogP contribution is -2.29. The highest BCUT2D eigenvalue weighted by Gasteiger charge is 2.18. The fourth-order valence-corrected chi connectivity index (χ4v) is 3.99. The zero-order valence-corrected chi connectivity index (χ0v) is 19.9. The number of phenolic OH excluding ortho intramolecular Hbond substituents is 1. The molecule has 1 atom stereocenters. The molecule has 2 aliphatic rings. The molecule has 1 aliphatic heterocycles. The van der Waals surface area contributed by atoms with Crippen molar-refractivity contribution in [3.63, 3.8) is 0 Å². The smallest absolute Gasteiger partial charge is 0.248 e. The Morgan fingerprint density at radius 1 is 1.14 bits per heavy atom. The number of nitrogens with one attached hydrogen (secondary N) is 1. The van der Waals surface area contributed by atoms with Crippen LogP contribution in [0.15, 0.2) is 72.5 Å². The topological polar surface area (TPSA) is 91.1 Å². The molecule has 2 aromatic rings. The number of benzene rings is 2. The summed E-state index contributed by atoms with van der Waals surface area (Å²) in [6.45, 7) is 2.18. The van der Waals surface area contributed by atoms with E-state index in [-0.39, 0.29) is 23.7 Å². The molecule has 0 spiro atoms. The van der Waals surface area contributed by atoms with E-state index in [4.69, 9.17) is 14.2 Å². The molecule has 35 heavy (non-hydrogen) atoms. The van der Waals surface area contributed by atoms with E-state index in [2.05, 4.69) is 16.7 Å². The SMILES string of the molecule is COc1ccc(/C=C/C(=O)NC2=CC=CCC2COc2ccc(OC3CC[N-]CC3)cc2)cc1O. The third kappa shape index (κ3) is 7.13. The van der Waals surface area contributed by atoms with Gasteiger partial charge in [-0.2, -0.15) is 0 Å². The number of aromatic hydroxyl groups is 1. The minimum atomic E-state index is -0.246. The molecule has 1 heterocycles. The average Bonchev–Trinajstić information content (AvgIpc) is 2.88. The van der Waals surface area contributed by atoms with Gasteiger partial charge in [-0.1, -0.05) is 18.2 Å². The van der Waals surface area contributed by atoms with Crippen LogP contribution in [0, 0.1) is 5.92 Å². The average molecular weight is 476 g/mol. The highest BCUT2D eigenvalue weighted by atomic mass is 16.5. The first-order chi connectivity index (χ1) is 17.1. The normalized spacial score (nSPS) is 18.2. The summed E-state index contributed by atoms with van der Waals surface area (Å²) in [5.74, 6) is 1.80. The van der Waals surface area contributed by atoms with Gasteiger partial charge in [-0.05, 0) is 73.4 Å². The summed E-state index contributed by atoms with van der Waals surface area (Å²) >= 11 is 0. The van der Waals surface area contributed by atoms with Crippen molar-refractivity contribution in [3.8, 4) is 23.0 Å². The zero-order chi connectivity index (χ0) is 24.5. The predicted molar refractivity (Wildman–Crippen MR) is 136 cm³/mol. The summed E-state index contributed by atoms with van der Waals surface area (Å²) in [6, 6.07) is 12.7. The molecule has 7 nitrogen and oxygen atoms in total. The Balaban J connectivity index is 1.28. The predicted octanol–water partition coefficient (Wildman–Crippen LogP) is 4.98. The van der Waals surface area contributed by atoms with Gasteiger partial charge in [0, 0.05) is 17.7 Å². The van der Waals surface area contributed by atoms with Gasteiger partial charge in [-0.25, -0.2) is 0 Å². The standard InChI is InChI=1S/C28H31N2O5/c1-33-27-12-6-20(18-26(27)31)7-13-28(32)30-25-5-3-2-4-21(25)19-34-22-8-10-23(11-9-22)35-24-14-16-29-17-15-24/h2-3,5-13,18,21,24,31H,4,14-17,19H2,1H3,(H,30,32)/q-1/b13-7+. The van der Waals surface area contributed by atoms with Crippen LogP contribution >= 0.6 is 0 Å². The molecule has 4 rings (SSSR count). The van der Waals surface area contributed by atoms with Gasteiger partial charge in [0.25, 0.3) is 0 Å². The van der Waals surface area contributed by atoms with Crippen molar-refractivity contribution < 1.29 is 24.1 Å². The second-order valence-electron chi connectivity index (χ2n) is 8.51. The fourth-order valence-electron chi connectivity index (χ4n) is 3.99. The Hall–Kier alpha value is -3.71. The van der Waals surface area contributed by atoms with Crippen molar-refractivity contribution in [1.29, 1.82) is 0 Å². The molecule has 184 valence electrons. The van der Waals surface area contributed by atoms with Crippen molar-refractivity contribution in [2.45, 2.75) is 25.4 Å². The molecule has 0 bridgehead atoms. The zero-order valence-electron chi connectivity index (χ0n) is 19.9. The maximum Gasteiger partial charge on any atom is 0.248 e. The number of allylic oxidation sites excluding steroid dienone is 3. The third-order valence-corrected chi connectivity index (χ3v) is 5.97. The van der Waals surface area contributed by atoms with Gasteiger partial charge in [0.05, 0.1) is 19.8 Å². The van der Waals surface area contributed by atoms with Gasteiger partial charge in [-0.3, -0.25) is 4.79 Å². The van der Waals surface area contributed by atoms with Crippen LogP contribution < -0.4 is 19.5 Å². The Morgan fingerprint density at radius 3 is 2.66 bits per heavy atom. The number of nitrogens with zero attached hydrogens (tertiary/aromatic N) is 1. The molecule has 0 aromatic heterocycles. The van der Waals surface area contributed by atoms with Crippen molar-refractivity contribution in [3.05, 3.63) is 83.3 Å². The lowest BCUT2D eigenvalue weighted by atomic mass is 9.97. The number of phenols is 1. The maximum absolute atomic E-state index is 12.5. The Kier molecular flexibility index (Phi) is 8.46. The molecule has 0 saturated carbocycles. The number of hydrogen-bond acceptors (Lipinski definition) is 5. The monoisotopic (exact) mass is 475 g/mol. The van der Waals surface area contributed by atoms with E-state index in [1.807, 2.05) is 36.4 Å². The van der Waals surface area contributed by atoms with E-state index < -0.39 is 0 Å². The second kappa shape index (κ2) is 12.1. The van der Waals surface area contributed by atoms with Crippen LogP contribution in [0.3, 0.4) is 0 Å². The van der Waals surface area contributed by atoms with Crippen molar-refractivity contribution in [1.82, 2.24) is 5.32 Å². The van der Waals surface area contributed by atoms with Crippen molar-refractivity contribution in [2.24, 2.45) is 5.92 Å². The number of rotatable bonds is 9. The molecule has 2 aromatic carbocycles. The number of amides is 1. The van der Waals surface area contributed by atoms with E-state index in [1.54, 1.807) is 24.3 Å². The first-order valence-corrected chi connectivity index (χ1v) is 11.9. The first-order valence-electron chi connectivity index (χ1n) is 11.9. The van der Waals surface area contributed by atoms with Crippen LogP contribution in [0.5, 0.6) is 23.0 Å². The third-order valence-electron chi connectivity index (χ3n) is 5.97.